The first-order chi connectivity index (χ1) is 13.6. The van der Waals surface area contributed by atoms with Crippen molar-refractivity contribution in [1.29, 1.82) is 0 Å². The van der Waals surface area contributed by atoms with E-state index in [1.54, 1.807) is 6.07 Å². The highest BCUT2D eigenvalue weighted by atomic mass is 32.2. The molecule has 1 fully saturated rings. The number of methoxy groups -OCH3 is 2. The summed E-state index contributed by atoms with van der Waals surface area (Å²) in [6.07, 6.45) is -1.39. The molecule has 29 heavy (non-hydrogen) atoms. The molecule has 0 saturated carbocycles. The smallest absolute Gasteiger partial charge is 0.268 e. The van der Waals surface area contributed by atoms with Crippen molar-refractivity contribution in [3.8, 4) is 11.5 Å². The predicted octanol–water partition coefficient (Wildman–Crippen LogP) is 0.639. The zero-order valence-corrected chi connectivity index (χ0v) is 17.5. The van der Waals surface area contributed by atoms with Gasteiger partial charge in [-0.05, 0) is 36.4 Å². The van der Waals surface area contributed by atoms with Crippen molar-refractivity contribution >= 4 is 31.2 Å². The van der Waals surface area contributed by atoms with Gasteiger partial charge in [0.05, 0.1) is 43.6 Å². The van der Waals surface area contributed by atoms with E-state index in [1.807, 2.05) is 0 Å². The average molecular weight is 443 g/mol. The zero-order chi connectivity index (χ0) is 21.4. The molecule has 1 heterocycles. The van der Waals surface area contributed by atoms with E-state index < -0.39 is 43.5 Å². The molecule has 0 spiro atoms. The van der Waals surface area contributed by atoms with Crippen LogP contribution in [0.25, 0.3) is 0 Å². The lowest BCUT2D eigenvalue weighted by molar-refractivity contribution is 0.184. The standard InChI is InChI=1S/C18H22N2O7S2/c1-26-14-7-8-17(27-2)18(9-14)29(24,25)20(13-5-3-12(19)4-6-13)15-10-28(22,23)11-16(15)21/h3-9,15-16,21H,10-11,19H2,1-2H3/t15-,16+/m0/s1. The summed E-state index contributed by atoms with van der Waals surface area (Å²) in [4.78, 5) is -0.215. The van der Waals surface area contributed by atoms with Crippen LogP contribution in [0.1, 0.15) is 0 Å². The Balaban J connectivity index is 2.22. The van der Waals surface area contributed by atoms with Gasteiger partial charge in [-0.2, -0.15) is 0 Å². The van der Waals surface area contributed by atoms with Gasteiger partial charge in [0.15, 0.2) is 9.84 Å². The average Bonchev–Trinajstić information content (AvgIpc) is 2.94. The number of nitrogens with zero attached hydrogens (tertiary/aromatic N) is 1. The van der Waals surface area contributed by atoms with E-state index >= 15 is 0 Å². The minimum atomic E-state index is -4.35. The normalized spacial score (nSPS) is 20.9. The first-order valence-electron chi connectivity index (χ1n) is 8.59. The SMILES string of the molecule is COc1ccc(OC)c(S(=O)(=O)N(c2ccc(N)cc2)[C@H]2CS(=O)(=O)C[C@H]2O)c1. The van der Waals surface area contributed by atoms with Gasteiger partial charge < -0.3 is 20.3 Å². The summed E-state index contributed by atoms with van der Waals surface area (Å²) in [5.41, 5.74) is 6.28. The Morgan fingerprint density at radius 1 is 1.07 bits per heavy atom. The Morgan fingerprint density at radius 3 is 2.24 bits per heavy atom. The van der Waals surface area contributed by atoms with Gasteiger partial charge in [0, 0.05) is 11.8 Å². The second-order valence-electron chi connectivity index (χ2n) is 6.62. The van der Waals surface area contributed by atoms with Crippen molar-refractivity contribution in [3.63, 3.8) is 0 Å². The Morgan fingerprint density at radius 2 is 1.72 bits per heavy atom. The number of benzene rings is 2. The highest BCUT2D eigenvalue weighted by Crippen LogP contribution is 2.36. The van der Waals surface area contributed by atoms with Crippen LogP contribution in [0.5, 0.6) is 11.5 Å². The van der Waals surface area contributed by atoms with E-state index in [4.69, 9.17) is 15.2 Å². The number of sulfone groups is 1. The second kappa shape index (κ2) is 7.73. The van der Waals surface area contributed by atoms with Gasteiger partial charge in [0.1, 0.15) is 16.4 Å². The third-order valence-electron chi connectivity index (χ3n) is 4.65. The summed E-state index contributed by atoms with van der Waals surface area (Å²) >= 11 is 0. The third-order valence-corrected chi connectivity index (χ3v) is 8.22. The maximum absolute atomic E-state index is 13.7. The summed E-state index contributed by atoms with van der Waals surface area (Å²) in [5, 5.41) is 10.4. The minimum absolute atomic E-state index is 0.0570. The fourth-order valence-electron chi connectivity index (χ4n) is 3.26. The monoisotopic (exact) mass is 442 g/mol. The molecule has 3 rings (SSSR count). The number of ether oxygens (including phenoxy) is 2. The molecule has 11 heteroatoms. The predicted molar refractivity (Wildman–Crippen MR) is 109 cm³/mol. The molecule has 2 aromatic rings. The molecule has 0 amide bonds. The Labute approximate surface area is 169 Å². The molecule has 0 radical (unpaired) electrons. The van der Waals surface area contributed by atoms with Gasteiger partial charge in [0.25, 0.3) is 10.0 Å². The summed E-state index contributed by atoms with van der Waals surface area (Å²) in [6, 6.07) is 8.97. The van der Waals surface area contributed by atoms with Crippen LogP contribution in [0, 0.1) is 0 Å². The van der Waals surface area contributed by atoms with Crippen molar-refractivity contribution in [3.05, 3.63) is 42.5 Å². The summed E-state index contributed by atoms with van der Waals surface area (Å²) < 4.78 is 62.7. The lowest BCUT2D eigenvalue weighted by Gasteiger charge is -2.32. The van der Waals surface area contributed by atoms with Crippen LogP contribution in [-0.4, -0.2) is 59.8 Å². The number of hydrogen-bond acceptors (Lipinski definition) is 8. The maximum atomic E-state index is 13.7. The van der Waals surface area contributed by atoms with E-state index in [2.05, 4.69) is 0 Å². The molecule has 0 bridgehead atoms. The molecule has 2 aromatic carbocycles. The van der Waals surface area contributed by atoms with Crippen LogP contribution in [0.3, 0.4) is 0 Å². The number of hydrogen-bond donors (Lipinski definition) is 2. The number of aliphatic hydroxyl groups excluding tert-OH is 1. The van der Waals surface area contributed by atoms with Crippen molar-refractivity contribution in [2.75, 3.05) is 35.8 Å². The van der Waals surface area contributed by atoms with Crippen LogP contribution in [0.4, 0.5) is 11.4 Å². The van der Waals surface area contributed by atoms with Crippen LogP contribution in [0.2, 0.25) is 0 Å². The maximum Gasteiger partial charge on any atom is 0.268 e. The van der Waals surface area contributed by atoms with Crippen molar-refractivity contribution in [2.45, 2.75) is 17.0 Å². The van der Waals surface area contributed by atoms with Gasteiger partial charge in [-0.1, -0.05) is 0 Å². The zero-order valence-electron chi connectivity index (χ0n) is 15.8. The van der Waals surface area contributed by atoms with Gasteiger partial charge in [-0.3, -0.25) is 4.31 Å². The van der Waals surface area contributed by atoms with E-state index in [-0.39, 0.29) is 22.1 Å². The number of anilines is 2. The van der Waals surface area contributed by atoms with Crippen LogP contribution >= 0.6 is 0 Å². The summed E-state index contributed by atoms with van der Waals surface area (Å²) in [5.74, 6) is -0.694. The topological polar surface area (TPSA) is 136 Å². The van der Waals surface area contributed by atoms with Crippen molar-refractivity contribution in [2.24, 2.45) is 0 Å². The van der Waals surface area contributed by atoms with E-state index in [1.165, 1.54) is 50.6 Å². The number of nitrogens with two attached hydrogens (primary N) is 1. The van der Waals surface area contributed by atoms with Gasteiger partial charge in [-0.25, -0.2) is 16.8 Å². The van der Waals surface area contributed by atoms with Crippen LogP contribution in [0.15, 0.2) is 47.4 Å². The molecule has 2 atom stereocenters. The quantitative estimate of drug-likeness (QED) is 0.622. The van der Waals surface area contributed by atoms with Gasteiger partial charge >= 0.3 is 0 Å². The first kappa shape index (κ1) is 21.2. The highest BCUT2D eigenvalue weighted by molar-refractivity contribution is 7.93. The molecule has 158 valence electrons. The lowest BCUT2D eigenvalue weighted by Crippen LogP contribution is -2.47. The molecule has 0 aromatic heterocycles. The second-order valence-corrected chi connectivity index (χ2v) is 10.6. The number of rotatable bonds is 6. The van der Waals surface area contributed by atoms with Gasteiger partial charge in [-0.15, -0.1) is 0 Å². The first-order valence-corrected chi connectivity index (χ1v) is 11.9. The van der Waals surface area contributed by atoms with Crippen molar-refractivity contribution < 1.29 is 31.4 Å². The van der Waals surface area contributed by atoms with Crippen LogP contribution < -0.4 is 19.5 Å². The Bertz CT molecular complexity index is 1100. The molecule has 1 aliphatic rings. The number of aliphatic hydroxyl groups is 1. The van der Waals surface area contributed by atoms with Crippen LogP contribution in [-0.2, 0) is 19.9 Å². The van der Waals surface area contributed by atoms with E-state index in [0.29, 0.717) is 5.69 Å². The fraction of sp³-hybridized carbons (Fsp3) is 0.333. The lowest BCUT2D eigenvalue weighted by atomic mass is 10.2. The molecule has 1 saturated heterocycles. The molecular formula is C18H22N2O7S2. The minimum Gasteiger partial charge on any atom is -0.497 e. The molecule has 1 aliphatic heterocycles. The largest absolute Gasteiger partial charge is 0.497 e. The van der Waals surface area contributed by atoms with E-state index in [0.717, 1.165) is 4.31 Å². The molecule has 0 aliphatic carbocycles. The molecule has 3 N–H and O–H groups in total. The molecule has 0 unspecified atom stereocenters. The van der Waals surface area contributed by atoms with Crippen molar-refractivity contribution in [1.82, 2.24) is 0 Å². The van der Waals surface area contributed by atoms with E-state index in [9.17, 15) is 21.9 Å². The summed E-state index contributed by atoms with van der Waals surface area (Å²) in [7, 11) is -5.24. The van der Waals surface area contributed by atoms with Gasteiger partial charge in [0.2, 0.25) is 0 Å². The Kier molecular flexibility index (Phi) is 5.65. The highest BCUT2D eigenvalue weighted by Gasteiger charge is 2.45. The summed E-state index contributed by atoms with van der Waals surface area (Å²) in [6.45, 7) is 0. The third kappa shape index (κ3) is 4.11. The Hall–Kier alpha value is -2.50. The molecule has 9 nitrogen and oxygen atoms in total. The number of nitrogen functional groups attached to an aromatic ring is 1. The molecular weight excluding hydrogens is 420 g/mol. The number of sulfonamides is 1. The fourth-order valence-corrected chi connectivity index (χ4v) is 6.97.